The van der Waals surface area contributed by atoms with E-state index in [1.54, 1.807) is 7.11 Å². The molecule has 0 amide bonds. The molecule has 2 aromatic rings. The highest BCUT2D eigenvalue weighted by atomic mass is 79.9. The van der Waals surface area contributed by atoms with E-state index in [1.807, 2.05) is 24.3 Å². The largest absolute Gasteiger partial charge is 0.495 e. The molecule has 0 spiro atoms. The van der Waals surface area contributed by atoms with Crippen molar-refractivity contribution in [1.29, 1.82) is 0 Å². The molecule has 110 valence electrons. The molecule has 0 radical (unpaired) electrons. The Morgan fingerprint density at radius 2 is 2.00 bits per heavy atom. The molecule has 0 aromatic heterocycles. The summed E-state index contributed by atoms with van der Waals surface area (Å²) in [6, 6.07) is 9.97. The van der Waals surface area contributed by atoms with Crippen LogP contribution in [0.15, 0.2) is 34.8 Å². The van der Waals surface area contributed by atoms with E-state index in [0.717, 1.165) is 38.5 Å². The minimum atomic E-state index is 0.297. The summed E-state index contributed by atoms with van der Waals surface area (Å²) in [6.45, 7) is 3.04. The van der Waals surface area contributed by atoms with Crippen LogP contribution in [0, 0.1) is 6.92 Å². The summed E-state index contributed by atoms with van der Waals surface area (Å²) in [7, 11) is 1.67. The smallest absolute Gasteiger partial charge is 0.231 e. The van der Waals surface area contributed by atoms with Crippen LogP contribution in [0.25, 0.3) is 0 Å². The molecular formula is C16H16BrNO3. The van der Waals surface area contributed by atoms with Gasteiger partial charge in [0.15, 0.2) is 11.5 Å². The second-order valence-corrected chi connectivity index (χ2v) is 5.76. The van der Waals surface area contributed by atoms with E-state index in [2.05, 4.69) is 34.2 Å². The molecule has 2 aromatic carbocycles. The van der Waals surface area contributed by atoms with E-state index in [4.69, 9.17) is 14.2 Å². The Bertz CT molecular complexity index is 673. The van der Waals surface area contributed by atoms with Crippen molar-refractivity contribution in [2.45, 2.75) is 13.5 Å². The lowest BCUT2D eigenvalue weighted by Gasteiger charge is -2.15. The Balaban J connectivity index is 1.79. The van der Waals surface area contributed by atoms with Crippen LogP contribution in [0.5, 0.6) is 17.2 Å². The Morgan fingerprint density at radius 3 is 2.81 bits per heavy atom. The molecule has 0 aliphatic carbocycles. The third-order valence-electron chi connectivity index (χ3n) is 3.39. The number of hydrogen-bond donors (Lipinski definition) is 1. The van der Waals surface area contributed by atoms with Gasteiger partial charge in [0.2, 0.25) is 6.79 Å². The monoisotopic (exact) mass is 349 g/mol. The Hall–Kier alpha value is -1.88. The van der Waals surface area contributed by atoms with Crippen molar-refractivity contribution in [3.05, 3.63) is 45.9 Å². The van der Waals surface area contributed by atoms with E-state index in [0.29, 0.717) is 13.3 Å². The molecule has 0 unspecified atom stereocenters. The zero-order chi connectivity index (χ0) is 14.8. The maximum absolute atomic E-state index is 5.43. The molecule has 0 atom stereocenters. The van der Waals surface area contributed by atoms with Gasteiger partial charge in [-0.15, -0.1) is 0 Å². The summed E-state index contributed by atoms with van der Waals surface area (Å²) in [6.07, 6.45) is 0. The molecule has 5 heteroatoms. The Morgan fingerprint density at radius 1 is 1.19 bits per heavy atom. The third kappa shape index (κ3) is 2.93. The maximum atomic E-state index is 5.43. The van der Waals surface area contributed by atoms with Gasteiger partial charge in [0.1, 0.15) is 5.75 Å². The van der Waals surface area contributed by atoms with Crippen molar-refractivity contribution in [1.82, 2.24) is 0 Å². The fraction of sp³-hybridized carbons (Fsp3) is 0.250. The van der Waals surface area contributed by atoms with E-state index >= 15 is 0 Å². The van der Waals surface area contributed by atoms with E-state index in [1.165, 1.54) is 0 Å². The molecule has 21 heavy (non-hydrogen) atoms. The average Bonchev–Trinajstić information content (AvgIpc) is 2.93. The summed E-state index contributed by atoms with van der Waals surface area (Å²) in [5.74, 6) is 2.42. The summed E-state index contributed by atoms with van der Waals surface area (Å²) < 4.78 is 17.1. The molecule has 3 rings (SSSR count). The van der Waals surface area contributed by atoms with Crippen LogP contribution in [0.1, 0.15) is 11.1 Å². The van der Waals surface area contributed by atoms with Gasteiger partial charge < -0.3 is 19.5 Å². The van der Waals surface area contributed by atoms with Crippen molar-refractivity contribution in [3.8, 4) is 17.2 Å². The third-order valence-corrected chi connectivity index (χ3v) is 3.85. The maximum Gasteiger partial charge on any atom is 0.231 e. The molecule has 0 saturated heterocycles. The van der Waals surface area contributed by atoms with Crippen LogP contribution in [-0.2, 0) is 6.54 Å². The average molecular weight is 350 g/mol. The number of halogens is 1. The number of methoxy groups -OCH3 is 1. The van der Waals surface area contributed by atoms with Crippen LogP contribution in [0.4, 0.5) is 5.69 Å². The number of fused-ring (bicyclic) bond motifs is 1. The summed E-state index contributed by atoms with van der Waals surface area (Å²) in [5, 5.41) is 3.42. The number of rotatable bonds is 4. The molecule has 0 bridgehead atoms. The van der Waals surface area contributed by atoms with Crippen molar-refractivity contribution < 1.29 is 14.2 Å². The second kappa shape index (κ2) is 5.85. The highest BCUT2D eigenvalue weighted by Crippen LogP contribution is 2.34. The number of anilines is 1. The molecule has 0 saturated carbocycles. The first kappa shape index (κ1) is 14.1. The summed E-state index contributed by atoms with van der Waals surface area (Å²) in [4.78, 5) is 0. The van der Waals surface area contributed by atoms with Gasteiger partial charge in [-0.1, -0.05) is 22.0 Å². The lowest BCUT2D eigenvalue weighted by atomic mass is 10.1. The molecule has 4 nitrogen and oxygen atoms in total. The zero-order valence-electron chi connectivity index (χ0n) is 11.9. The first-order chi connectivity index (χ1) is 10.2. The van der Waals surface area contributed by atoms with Crippen LogP contribution in [-0.4, -0.2) is 13.9 Å². The Kier molecular flexibility index (Phi) is 3.92. The number of hydrogen-bond acceptors (Lipinski definition) is 4. The van der Waals surface area contributed by atoms with Crippen molar-refractivity contribution in [2.75, 3.05) is 19.2 Å². The normalized spacial score (nSPS) is 12.3. The molecule has 1 aliphatic rings. The standard InChI is InChI=1S/C16H16BrNO3/c1-10-5-12(17)7-15(19-2)16(10)18-8-11-3-4-13-14(6-11)21-9-20-13/h3-7,18H,8-9H2,1-2H3. The topological polar surface area (TPSA) is 39.7 Å². The van der Waals surface area contributed by atoms with Crippen LogP contribution >= 0.6 is 15.9 Å². The fourth-order valence-corrected chi connectivity index (χ4v) is 2.89. The van der Waals surface area contributed by atoms with Gasteiger partial charge in [-0.3, -0.25) is 0 Å². The van der Waals surface area contributed by atoms with E-state index in [9.17, 15) is 0 Å². The van der Waals surface area contributed by atoms with Gasteiger partial charge in [-0.25, -0.2) is 0 Å². The van der Waals surface area contributed by atoms with Gasteiger partial charge in [0.25, 0.3) is 0 Å². The lowest BCUT2D eigenvalue weighted by molar-refractivity contribution is 0.174. The van der Waals surface area contributed by atoms with Crippen LogP contribution < -0.4 is 19.5 Å². The first-order valence-corrected chi connectivity index (χ1v) is 7.43. The van der Waals surface area contributed by atoms with Gasteiger partial charge in [0, 0.05) is 11.0 Å². The summed E-state index contributed by atoms with van der Waals surface area (Å²) >= 11 is 3.48. The summed E-state index contributed by atoms with van der Waals surface area (Å²) in [5.41, 5.74) is 3.25. The van der Waals surface area contributed by atoms with Crippen LogP contribution in [0.2, 0.25) is 0 Å². The second-order valence-electron chi connectivity index (χ2n) is 4.84. The van der Waals surface area contributed by atoms with Gasteiger partial charge in [0.05, 0.1) is 12.8 Å². The molecule has 1 N–H and O–H groups in total. The first-order valence-electron chi connectivity index (χ1n) is 6.64. The predicted molar refractivity (Wildman–Crippen MR) is 85.3 cm³/mol. The highest BCUT2D eigenvalue weighted by molar-refractivity contribution is 9.10. The Labute approximate surface area is 132 Å². The fourth-order valence-electron chi connectivity index (χ4n) is 2.34. The van der Waals surface area contributed by atoms with Crippen molar-refractivity contribution in [3.63, 3.8) is 0 Å². The quantitative estimate of drug-likeness (QED) is 0.901. The minimum Gasteiger partial charge on any atom is -0.495 e. The molecule has 0 fully saturated rings. The van der Waals surface area contributed by atoms with Gasteiger partial charge in [-0.2, -0.15) is 0 Å². The number of ether oxygens (including phenoxy) is 3. The predicted octanol–water partition coefficient (Wildman–Crippen LogP) is 4.11. The van der Waals surface area contributed by atoms with E-state index < -0.39 is 0 Å². The number of nitrogens with one attached hydrogen (secondary N) is 1. The molecule has 1 aliphatic heterocycles. The lowest BCUT2D eigenvalue weighted by Crippen LogP contribution is -2.03. The van der Waals surface area contributed by atoms with Crippen LogP contribution in [0.3, 0.4) is 0 Å². The van der Waals surface area contributed by atoms with Gasteiger partial charge in [-0.05, 0) is 42.3 Å². The molecular weight excluding hydrogens is 334 g/mol. The number of aryl methyl sites for hydroxylation is 1. The van der Waals surface area contributed by atoms with Crippen molar-refractivity contribution >= 4 is 21.6 Å². The SMILES string of the molecule is COc1cc(Br)cc(C)c1NCc1ccc2c(c1)OCO2. The molecule has 1 heterocycles. The zero-order valence-corrected chi connectivity index (χ0v) is 13.5. The van der Waals surface area contributed by atoms with Crippen molar-refractivity contribution in [2.24, 2.45) is 0 Å². The van der Waals surface area contributed by atoms with E-state index in [-0.39, 0.29) is 0 Å². The minimum absolute atomic E-state index is 0.297. The van der Waals surface area contributed by atoms with Gasteiger partial charge >= 0.3 is 0 Å². The number of benzene rings is 2. The highest BCUT2D eigenvalue weighted by Gasteiger charge is 2.14.